The molecule has 1 aliphatic heterocycles. The molecule has 3 heteroatoms. The van der Waals surface area contributed by atoms with Crippen molar-refractivity contribution in [2.24, 2.45) is 0 Å². The number of benzene rings is 1. The summed E-state index contributed by atoms with van der Waals surface area (Å²) in [7, 11) is 0. The molecule has 1 unspecified atom stereocenters. The van der Waals surface area contributed by atoms with Crippen LogP contribution in [0.2, 0.25) is 0 Å². The van der Waals surface area contributed by atoms with Crippen molar-refractivity contribution in [3.05, 3.63) is 35.4 Å². The van der Waals surface area contributed by atoms with Gasteiger partial charge in [0.05, 0.1) is 6.10 Å². The molecule has 100 valence electrons. The summed E-state index contributed by atoms with van der Waals surface area (Å²) >= 11 is 2.05. The molecule has 0 spiro atoms. The SMILES string of the molecule is Cc1ccccc1C(O)CCN1CCCSCC1. The number of aryl methyl sites for hydroxylation is 1. The summed E-state index contributed by atoms with van der Waals surface area (Å²) in [6, 6.07) is 8.14. The molecule has 18 heavy (non-hydrogen) atoms. The zero-order chi connectivity index (χ0) is 12.8. The molecular weight excluding hydrogens is 242 g/mol. The van der Waals surface area contributed by atoms with E-state index in [4.69, 9.17) is 0 Å². The van der Waals surface area contributed by atoms with Crippen LogP contribution in [-0.2, 0) is 0 Å². The molecule has 1 saturated heterocycles. The molecule has 0 radical (unpaired) electrons. The fourth-order valence-corrected chi connectivity index (χ4v) is 3.37. The Morgan fingerprint density at radius 3 is 2.94 bits per heavy atom. The molecule has 0 amide bonds. The summed E-state index contributed by atoms with van der Waals surface area (Å²) in [4.78, 5) is 2.49. The smallest absolute Gasteiger partial charge is 0.0804 e. The summed E-state index contributed by atoms with van der Waals surface area (Å²) < 4.78 is 0. The third-order valence-corrected chi connectivity index (χ3v) is 4.63. The summed E-state index contributed by atoms with van der Waals surface area (Å²) in [6.45, 7) is 5.44. The predicted molar refractivity (Wildman–Crippen MR) is 79.1 cm³/mol. The molecule has 1 aromatic rings. The minimum Gasteiger partial charge on any atom is -0.388 e. The van der Waals surface area contributed by atoms with Crippen LogP contribution in [0.5, 0.6) is 0 Å². The average molecular weight is 265 g/mol. The standard InChI is InChI=1S/C15H23NOS/c1-13-5-2-3-6-14(13)15(17)7-9-16-8-4-11-18-12-10-16/h2-3,5-6,15,17H,4,7-12H2,1H3. The number of thioether (sulfide) groups is 1. The second-order valence-electron chi connectivity index (χ2n) is 4.97. The molecule has 1 N–H and O–H groups in total. The number of aliphatic hydroxyl groups is 1. The molecule has 2 rings (SSSR count). The van der Waals surface area contributed by atoms with Crippen molar-refractivity contribution < 1.29 is 5.11 Å². The Hall–Kier alpha value is -0.510. The van der Waals surface area contributed by atoms with Gasteiger partial charge in [-0.15, -0.1) is 0 Å². The largest absolute Gasteiger partial charge is 0.388 e. The Balaban J connectivity index is 1.84. The van der Waals surface area contributed by atoms with Crippen molar-refractivity contribution in [3.63, 3.8) is 0 Å². The van der Waals surface area contributed by atoms with E-state index in [0.717, 1.165) is 18.5 Å². The van der Waals surface area contributed by atoms with Crippen LogP contribution in [0.1, 0.15) is 30.1 Å². The highest BCUT2D eigenvalue weighted by molar-refractivity contribution is 7.99. The highest BCUT2D eigenvalue weighted by Crippen LogP contribution is 2.21. The maximum absolute atomic E-state index is 10.3. The Labute approximate surface area is 114 Å². The molecule has 1 fully saturated rings. The van der Waals surface area contributed by atoms with Crippen LogP contribution in [0, 0.1) is 6.92 Å². The number of rotatable bonds is 4. The fraction of sp³-hybridized carbons (Fsp3) is 0.600. The van der Waals surface area contributed by atoms with Crippen molar-refractivity contribution in [1.82, 2.24) is 4.90 Å². The molecule has 0 aromatic heterocycles. The normalized spacial score (nSPS) is 19.4. The maximum Gasteiger partial charge on any atom is 0.0804 e. The Morgan fingerprint density at radius 2 is 2.11 bits per heavy atom. The van der Waals surface area contributed by atoms with Crippen molar-refractivity contribution in [2.45, 2.75) is 25.9 Å². The van der Waals surface area contributed by atoms with Crippen molar-refractivity contribution in [2.75, 3.05) is 31.1 Å². The maximum atomic E-state index is 10.3. The van der Waals surface area contributed by atoms with E-state index in [1.54, 1.807) is 0 Å². The predicted octanol–water partition coefficient (Wildman–Crippen LogP) is 2.86. The number of aliphatic hydroxyl groups excluding tert-OH is 1. The first-order valence-corrected chi connectivity index (χ1v) is 7.96. The monoisotopic (exact) mass is 265 g/mol. The Morgan fingerprint density at radius 1 is 1.28 bits per heavy atom. The van der Waals surface area contributed by atoms with Crippen LogP contribution < -0.4 is 0 Å². The topological polar surface area (TPSA) is 23.5 Å². The van der Waals surface area contributed by atoms with Crippen molar-refractivity contribution in [3.8, 4) is 0 Å². The third-order valence-electron chi connectivity index (χ3n) is 3.58. The summed E-state index contributed by atoms with van der Waals surface area (Å²) in [5.74, 6) is 2.53. The van der Waals surface area contributed by atoms with Crippen LogP contribution in [0.25, 0.3) is 0 Å². The molecule has 1 heterocycles. The van der Waals surface area contributed by atoms with Gasteiger partial charge in [-0.05, 0) is 43.2 Å². The lowest BCUT2D eigenvalue weighted by Gasteiger charge is -2.22. The highest BCUT2D eigenvalue weighted by atomic mass is 32.2. The first-order chi connectivity index (χ1) is 8.77. The van der Waals surface area contributed by atoms with E-state index in [-0.39, 0.29) is 6.10 Å². The van der Waals surface area contributed by atoms with Gasteiger partial charge in [0.1, 0.15) is 0 Å². The van der Waals surface area contributed by atoms with E-state index in [2.05, 4.69) is 17.9 Å². The van der Waals surface area contributed by atoms with Crippen LogP contribution in [0.3, 0.4) is 0 Å². The summed E-state index contributed by atoms with van der Waals surface area (Å²) in [6.07, 6.45) is 1.81. The number of nitrogens with zero attached hydrogens (tertiary/aromatic N) is 1. The van der Waals surface area contributed by atoms with Crippen LogP contribution >= 0.6 is 11.8 Å². The second-order valence-corrected chi connectivity index (χ2v) is 6.19. The fourth-order valence-electron chi connectivity index (χ4n) is 2.44. The van der Waals surface area contributed by atoms with Crippen LogP contribution in [0.15, 0.2) is 24.3 Å². The third kappa shape index (κ3) is 4.01. The van der Waals surface area contributed by atoms with E-state index >= 15 is 0 Å². The summed E-state index contributed by atoms with van der Waals surface area (Å²) in [5, 5.41) is 10.3. The highest BCUT2D eigenvalue weighted by Gasteiger charge is 2.13. The van der Waals surface area contributed by atoms with Gasteiger partial charge in [0.2, 0.25) is 0 Å². The number of hydrogen-bond donors (Lipinski definition) is 1. The first-order valence-electron chi connectivity index (χ1n) is 6.81. The van der Waals surface area contributed by atoms with E-state index in [1.807, 2.05) is 30.0 Å². The van der Waals surface area contributed by atoms with Gasteiger partial charge in [0.25, 0.3) is 0 Å². The lowest BCUT2D eigenvalue weighted by atomic mass is 10.0. The van der Waals surface area contributed by atoms with Gasteiger partial charge in [0.15, 0.2) is 0 Å². The minimum absolute atomic E-state index is 0.317. The zero-order valence-corrected chi connectivity index (χ0v) is 12.0. The number of hydrogen-bond acceptors (Lipinski definition) is 3. The molecule has 1 atom stereocenters. The molecule has 1 aromatic carbocycles. The molecule has 0 aliphatic carbocycles. The van der Waals surface area contributed by atoms with Gasteiger partial charge >= 0.3 is 0 Å². The van der Waals surface area contributed by atoms with Gasteiger partial charge in [-0.1, -0.05) is 24.3 Å². The molecular formula is C15H23NOS. The van der Waals surface area contributed by atoms with Gasteiger partial charge in [-0.25, -0.2) is 0 Å². The molecule has 0 saturated carbocycles. The Kier molecular flexibility index (Phi) is 5.54. The van der Waals surface area contributed by atoms with Crippen LogP contribution in [-0.4, -0.2) is 41.1 Å². The van der Waals surface area contributed by atoms with Crippen LogP contribution in [0.4, 0.5) is 0 Å². The first kappa shape index (κ1) is 13.9. The van der Waals surface area contributed by atoms with Crippen molar-refractivity contribution >= 4 is 11.8 Å². The van der Waals surface area contributed by atoms with Crippen molar-refractivity contribution in [1.29, 1.82) is 0 Å². The Bertz CT molecular complexity index is 361. The average Bonchev–Trinajstić information content (AvgIpc) is 2.65. The minimum atomic E-state index is -0.317. The van der Waals surface area contributed by atoms with E-state index in [9.17, 15) is 5.11 Å². The second kappa shape index (κ2) is 7.17. The van der Waals surface area contributed by atoms with E-state index in [1.165, 1.54) is 36.6 Å². The van der Waals surface area contributed by atoms with E-state index < -0.39 is 0 Å². The quantitative estimate of drug-likeness (QED) is 0.905. The van der Waals surface area contributed by atoms with Gasteiger partial charge < -0.3 is 10.0 Å². The van der Waals surface area contributed by atoms with Gasteiger partial charge in [-0.2, -0.15) is 11.8 Å². The van der Waals surface area contributed by atoms with Gasteiger partial charge in [-0.3, -0.25) is 0 Å². The molecule has 0 bridgehead atoms. The molecule has 2 nitrogen and oxygen atoms in total. The lowest BCUT2D eigenvalue weighted by Crippen LogP contribution is -2.28. The molecule has 1 aliphatic rings. The zero-order valence-electron chi connectivity index (χ0n) is 11.1. The lowest BCUT2D eigenvalue weighted by molar-refractivity contribution is 0.144. The van der Waals surface area contributed by atoms with E-state index in [0.29, 0.717) is 0 Å². The van der Waals surface area contributed by atoms with Gasteiger partial charge in [0, 0.05) is 18.8 Å². The summed E-state index contributed by atoms with van der Waals surface area (Å²) in [5.41, 5.74) is 2.28.